The van der Waals surface area contributed by atoms with Gasteiger partial charge in [-0.2, -0.15) is 8.42 Å². The molecule has 0 saturated heterocycles. The van der Waals surface area contributed by atoms with Crippen LogP contribution in [0.1, 0.15) is 30.7 Å². The normalized spacial score (nSPS) is 11.4. The van der Waals surface area contributed by atoms with Gasteiger partial charge in [0.05, 0.1) is 11.9 Å². The number of aliphatic carboxylic acids is 1. The van der Waals surface area contributed by atoms with E-state index in [2.05, 4.69) is 9.17 Å². The Labute approximate surface area is 112 Å². The first kappa shape index (κ1) is 15.6. The number of carboxylic acid groups (broad SMARTS) is 1. The third-order valence-electron chi connectivity index (χ3n) is 2.36. The number of carboxylic acids is 1. The second-order valence-corrected chi connectivity index (χ2v) is 5.83. The van der Waals surface area contributed by atoms with Gasteiger partial charge in [0.1, 0.15) is 6.61 Å². The Morgan fingerprint density at radius 2 is 2.00 bits per heavy atom. The van der Waals surface area contributed by atoms with E-state index in [-0.39, 0.29) is 13.0 Å². The fourth-order valence-electron chi connectivity index (χ4n) is 1.50. The van der Waals surface area contributed by atoms with Crippen LogP contribution in [0.2, 0.25) is 0 Å². The predicted octanol–water partition coefficient (Wildman–Crippen LogP) is 1.36. The molecule has 7 heteroatoms. The molecule has 0 aromatic carbocycles. The van der Waals surface area contributed by atoms with Crippen LogP contribution in [0.3, 0.4) is 0 Å². The van der Waals surface area contributed by atoms with Crippen LogP contribution in [0.5, 0.6) is 0 Å². The third kappa shape index (κ3) is 7.53. The van der Waals surface area contributed by atoms with E-state index in [1.165, 1.54) is 0 Å². The summed E-state index contributed by atoms with van der Waals surface area (Å²) in [4.78, 5) is 14.6. The Balaban J connectivity index is 2.45. The number of unbranched alkanes of at least 4 members (excludes halogenated alkanes) is 1. The number of rotatable bonds is 8. The minimum Gasteiger partial charge on any atom is -0.481 e. The van der Waals surface area contributed by atoms with E-state index in [4.69, 9.17) is 5.11 Å². The molecule has 0 bridgehead atoms. The van der Waals surface area contributed by atoms with Gasteiger partial charge >= 0.3 is 5.97 Å². The van der Waals surface area contributed by atoms with Crippen LogP contribution in [0.25, 0.3) is 0 Å². The Morgan fingerprint density at radius 3 is 2.63 bits per heavy atom. The summed E-state index contributed by atoms with van der Waals surface area (Å²) in [7, 11) is -3.47. The third-order valence-corrected chi connectivity index (χ3v) is 2.90. The van der Waals surface area contributed by atoms with Gasteiger partial charge in [-0.25, -0.2) is 0 Å². The lowest BCUT2D eigenvalue weighted by Gasteiger charge is -2.04. The molecule has 0 fully saturated rings. The highest BCUT2D eigenvalue weighted by molar-refractivity contribution is 7.85. The van der Waals surface area contributed by atoms with Crippen LogP contribution in [-0.2, 0) is 32.1 Å². The number of nitrogens with zero attached hydrogens (tertiary/aromatic N) is 1. The first-order valence-electron chi connectivity index (χ1n) is 5.88. The quantitative estimate of drug-likeness (QED) is 0.573. The standard InChI is InChI=1S/C12H17NO5S/c1-19(16,17)18-9-11-7-4-6-10(13-11)5-2-3-8-12(14)15/h4,6-7H,2-3,5,8-9H2,1H3,(H,14,15). The van der Waals surface area contributed by atoms with Crippen molar-refractivity contribution in [2.45, 2.75) is 32.3 Å². The molecule has 1 N–H and O–H groups in total. The van der Waals surface area contributed by atoms with E-state index in [1.54, 1.807) is 12.1 Å². The Hall–Kier alpha value is -1.47. The van der Waals surface area contributed by atoms with Crippen LogP contribution in [-0.4, -0.2) is 30.7 Å². The number of pyridine rings is 1. The topological polar surface area (TPSA) is 93.6 Å². The molecule has 1 aromatic rings. The van der Waals surface area contributed by atoms with Crippen molar-refractivity contribution in [3.63, 3.8) is 0 Å². The van der Waals surface area contributed by atoms with Crippen molar-refractivity contribution >= 4 is 16.1 Å². The molecular formula is C12H17NO5S. The second kappa shape index (κ2) is 7.20. The van der Waals surface area contributed by atoms with E-state index in [9.17, 15) is 13.2 Å². The molecule has 0 atom stereocenters. The maximum atomic E-state index is 10.9. The zero-order valence-electron chi connectivity index (χ0n) is 10.7. The molecule has 0 amide bonds. The van der Waals surface area contributed by atoms with Crippen molar-refractivity contribution in [3.05, 3.63) is 29.6 Å². The SMILES string of the molecule is CS(=O)(=O)OCc1cccc(CCCCC(=O)O)n1. The van der Waals surface area contributed by atoms with Crippen molar-refractivity contribution in [2.24, 2.45) is 0 Å². The van der Waals surface area contributed by atoms with E-state index >= 15 is 0 Å². The zero-order valence-corrected chi connectivity index (χ0v) is 11.5. The summed E-state index contributed by atoms with van der Waals surface area (Å²) in [6.45, 7) is -0.0815. The summed E-state index contributed by atoms with van der Waals surface area (Å²) in [5.74, 6) is -0.803. The van der Waals surface area contributed by atoms with Gasteiger partial charge in [0.25, 0.3) is 10.1 Å². The molecule has 0 aliphatic carbocycles. The number of hydrogen-bond acceptors (Lipinski definition) is 5. The maximum Gasteiger partial charge on any atom is 0.303 e. The molecule has 19 heavy (non-hydrogen) atoms. The fraction of sp³-hybridized carbons (Fsp3) is 0.500. The molecule has 0 radical (unpaired) electrons. The number of hydrogen-bond donors (Lipinski definition) is 1. The van der Waals surface area contributed by atoms with Crippen LogP contribution >= 0.6 is 0 Å². The molecule has 0 unspecified atom stereocenters. The molecule has 0 saturated carbocycles. The average molecular weight is 287 g/mol. The predicted molar refractivity (Wildman–Crippen MR) is 69.1 cm³/mol. The largest absolute Gasteiger partial charge is 0.481 e. The maximum absolute atomic E-state index is 10.9. The van der Waals surface area contributed by atoms with Gasteiger partial charge in [0.15, 0.2) is 0 Å². The average Bonchev–Trinajstić information content (AvgIpc) is 2.32. The highest BCUT2D eigenvalue weighted by Gasteiger charge is 2.05. The van der Waals surface area contributed by atoms with Crippen molar-refractivity contribution in [3.8, 4) is 0 Å². The molecule has 1 aromatic heterocycles. The summed E-state index contributed by atoms with van der Waals surface area (Å²) in [5.41, 5.74) is 1.35. The van der Waals surface area contributed by atoms with E-state index in [0.717, 1.165) is 18.4 Å². The molecule has 106 valence electrons. The molecule has 1 rings (SSSR count). The van der Waals surface area contributed by atoms with Gasteiger partial charge in [0.2, 0.25) is 0 Å². The molecule has 6 nitrogen and oxygen atoms in total. The van der Waals surface area contributed by atoms with E-state index in [1.807, 2.05) is 6.07 Å². The summed E-state index contributed by atoms with van der Waals surface area (Å²) in [6.07, 6.45) is 3.14. The molecule has 0 spiro atoms. The summed E-state index contributed by atoms with van der Waals surface area (Å²) in [6, 6.07) is 5.29. The monoisotopic (exact) mass is 287 g/mol. The van der Waals surface area contributed by atoms with Crippen LogP contribution < -0.4 is 0 Å². The van der Waals surface area contributed by atoms with Gasteiger partial charge in [-0.05, 0) is 31.4 Å². The molecule has 1 heterocycles. The molecule has 0 aliphatic heterocycles. The minimum atomic E-state index is -3.47. The highest BCUT2D eigenvalue weighted by Crippen LogP contribution is 2.07. The highest BCUT2D eigenvalue weighted by atomic mass is 32.2. The second-order valence-electron chi connectivity index (χ2n) is 4.19. The van der Waals surface area contributed by atoms with Crippen molar-refractivity contribution in [2.75, 3.05) is 6.26 Å². The zero-order chi connectivity index (χ0) is 14.3. The fourth-order valence-corrected chi connectivity index (χ4v) is 1.83. The van der Waals surface area contributed by atoms with Crippen molar-refractivity contribution in [1.82, 2.24) is 4.98 Å². The molecular weight excluding hydrogens is 270 g/mol. The lowest BCUT2D eigenvalue weighted by molar-refractivity contribution is -0.137. The number of carbonyl (C=O) groups is 1. The molecule has 0 aliphatic rings. The van der Waals surface area contributed by atoms with Crippen molar-refractivity contribution in [1.29, 1.82) is 0 Å². The lowest BCUT2D eigenvalue weighted by atomic mass is 10.1. The van der Waals surface area contributed by atoms with Gasteiger partial charge in [-0.1, -0.05) is 6.07 Å². The lowest BCUT2D eigenvalue weighted by Crippen LogP contribution is -2.05. The van der Waals surface area contributed by atoms with Crippen LogP contribution in [0.15, 0.2) is 18.2 Å². The summed E-state index contributed by atoms with van der Waals surface area (Å²) < 4.78 is 26.4. The Morgan fingerprint density at radius 1 is 1.32 bits per heavy atom. The van der Waals surface area contributed by atoms with Gasteiger partial charge in [-0.15, -0.1) is 0 Å². The van der Waals surface area contributed by atoms with Crippen molar-refractivity contribution < 1.29 is 22.5 Å². The van der Waals surface area contributed by atoms with Gasteiger partial charge in [0, 0.05) is 12.1 Å². The number of aryl methyl sites for hydroxylation is 1. The first-order valence-corrected chi connectivity index (χ1v) is 7.69. The number of aromatic nitrogens is 1. The first-order chi connectivity index (χ1) is 8.87. The summed E-state index contributed by atoms with van der Waals surface area (Å²) in [5, 5.41) is 8.51. The van der Waals surface area contributed by atoms with Crippen LogP contribution in [0.4, 0.5) is 0 Å². The smallest absolute Gasteiger partial charge is 0.303 e. The summed E-state index contributed by atoms with van der Waals surface area (Å²) >= 11 is 0. The van der Waals surface area contributed by atoms with E-state index in [0.29, 0.717) is 18.5 Å². The Kier molecular flexibility index (Phi) is 5.91. The van der Waals surface area contributed by atoms with E-state index < -0.39 is 16.1 Å². The van der Waals surface area contributed by atoms with Crippen LogP contribution in [0, 0.1) is 0 Å². The van der Waals surface area contributed by atoms with Gasteiger partial charge in [-0.3, -0.25) is 14.0 Å². The minimum absolute atomic E-state index is 0.0815. The Bertz CT molecular complexity index is 527. The van der Waals surface area contributed by atoms with Gasteiger partial charge < -0.3 is 5.11 Å².